The Morgan fingerprint density at radius 1 is 1.39 bits per heavy atom. The summed E-state index contributed by atoms with van der Waals surface area (Å²) in [6.07, 6.45) is 4.63. The van der Waals surface area contributed by atoms with Crippen molar-refractivity contribution in [2.24, 2.45) is 4.99 Å². The molecule has 0 spiro atoms. The molecule has 2 N–H and O–H groups in total. The molecule has 1 aromatic heterocycles. The van der Waals surface area contributed by atoms with Crippen LogP contribution in [0.2, 0.25) is 0 Å². The van der Waals surface area contributed by atoms with Crippen LogP contribution in [0.1, 0.15) is 43.2 Å². The number of halogens is 1. The van der Waals surface area contributed by atoms with Gasteiger partial charge in [-0.2, -0.15) is 11.8 Å². The van der Waals surface area contributed by atoms with E-state index in [9.17, 15) is 0 Å². The second kappa shape index (κ2) is 9.76. The molecule has 0 bridgehead atoms. The molecule has 0 amide bonds. The molecule has 5 nitrogen and oxygen atoms in total. The molecule has 1 saturated heterocycles. The summed E-state index contributed by atoms with van der Waals surface area (Å²) in [7, 11) is 1.83. The number of aromatic nitrogens is 1. The Balaban J connectivity index is 0.00000264. The van der Waals surface area contributed by atoms with Gasteiger partial charge in [0.2, 0.25) is 0 Å². The Labute approximate surface area is 160 Å². The molecule has 1 aromatic rings. The maximum absolute atomic E-state index is 5.19. The first-order chi connectivity index (χ1) is 10.5. The van der Waals surface area contributed by atoms with Gasteiger partial charge in [0.05, 0.1) is 5.69 Å². The molecule has 1 atom stereocenters. The molecule has 2 heterocycles. The predicted molar refractivity (Wildman–Crippen MR) is 109 cm³/mol. The smallest absolute Gasteiger partial charge is 0.191 e. The highest BCUT2D eigenvalue weighted by Gasteiger charge is 2.29. The van der Waals surface area contributed by atoms with Gasteiger partial charge in [0, 0.05) is 30.4 Å². The number of nitrogens with one attached hydrogen (secondary N) is 2. The molecule has 0 aliphatic carbocycles. The lowest BCUT2D eigenvalue weighted by Gasteiger charge is -2.24. The van der Waals surface area contributed by atoms with E-state index in [0.717, 1.165) is 43.3 Å². The van der Waals surface area contributed by atoms with Crippen molar-refractivity contribution in [1.82, 2.24) is 15.8 Å². The van der Waals surface area contributed by atoms with E-state index in [1.165, 1.54) is 24.2 Å². The molecule has 0 radical (unpaired) electrons. The number of guanidine groups is 1. The molecule has 2 rings (SSSR count). The van der Waals surface area contributed by atoms with Crippen molar-refractivity contribution < 1.29 is 4.52 Å². The number of hydrogen-bond acceptors (Lipinski definition) is 4. The number of thioether (sulfide) groups is 1. The summed E-state index contributed by atoms with van der Waals surface area (Å²) in [4.78, 5) is 4.30. The normalized spacial score (nSPS) is 21.1. The molecule has 132 valence electrons. The minimum atomic E-state index is 0. The Morgan fingerprint density at radius 2 is 2.17 bits per heavy atom. The minimum Gasteiger partial charge on any atom is -0.361 e. The van der Waals surface area contributed by atoms with Crippen molar-refractivity contribution in [2.75, 3.05) is 25.9 Å². The lowest BCUT2D eigenvalue weighted by Crippen LogP contribution is -2.43. The van der Waals surface area contributed by atoms with Crippen LogP contribution in [0.15, 0.2) is 9.52 Å². The van der Waals surface area contributed by atoms with E-state index in [0.29, 0.717) is 4.75 Å². The minimum absolute atomic E-state index is 0. The van der Waals surface area contributed by atoms with E-state index in [1.54, 1.807) is 0 Å². The van der Waals surface area contributed by atoms with Crippen molar-refractivity contribution in [2.45, 2.75) is 51.2 Å². The molecule has 1 fully saturated rings. The summed E-state index contributed by atoms with van der Waals surface area (Å²) >= 11 is 2.06. The number of aryl methyl sites for hydroxylation is 2. The third kappa shape index (κ3) is 6.17. The first-order valence-corrected chi connectivity index (χ1v) is 9.03. The van der Waals surface area contributed by atoms with Gasteiger partial charge < -0.3 is 15.2 Å². The van der Waals surface area contributed by atoms with Gasteiger partial charge in [0.25, 0.3) is 0 Å². The first kappa shape index (κ1) is 20.6. The average molecular weight is 452 g/mol. The highest BCUT2D eigenvalue weighted by molar-refractivity contribution is 14.0. The van der Waals surface area contributed by atoms with Crippen molar-refractivity contribution in [3.63, 3.8) is 0 Å². The fourth-order valence-electron chi connectivity index (χ4n) is 2.80. The van der Waals surface area contributed by atoms with E-state index in [-0.39, 0.29) is 24.0 Å². The van der Waals surface area contributed by atoms with Gasteiger partial charge in [-0.05, 0) is 52.2 Å². The fraction of sp³-hybridized carbons (Fsp3) is 0.750. The SMILES string of the molecule is CN=C(NCCCc1c(C)noc1C)NCC1(C)CCCS1.I. The third-order valence-electron chi connectivity index (χ3n) is 4.23. The van der Waals surface area contributed by atoms with Crippen LogP contribution in [-0.2, 0) is 6.42 Å². The van der Waals surface area contributed by atoms with Crippen LogP contribution in [0.3, 0.4) is 0 Å². The Morgan fingerprint density at radius 3 is 2.74 bits per heavy atom. The summed E-state index contributed by atoms with van der Waals surface area (Å²) in [5.74, 6) is 3.11. The third-order valence-corrected chi connectivity index (χ3v) is 5.77. The summed E-state index contributed by atoms with van der Waals surface area (Å²) in [5, 5.41) is 10.8. The van der Waals surface area contributed by atoms with Gasteiger partial charge in [0.1, 0.15) is 5.76 Å². The zero-order valence-electron chi connectivity index (χ0n) is 14.6. The molecule has 1 aliphatic heterocycles. The topological polar surface area (TPSA) is 62.5 Å². The summed E-state index contributed by atoms with van der Waals surface area (Å²) < 4.78 is 5.55. The van der Waals surface area contributed by atoms with E-state index >= 15 is 0 Å². The zero-order chi connectivity index (χ0) is 16.0. The van der Waals surface area contributed by atoms with Crippen LogP contribution in [0.4, 0.5) is 0 Å². The molecular formula is C16H29IN4OS. The molecule has 23 heavy (non-hydrogen) atoms. The maximum Gasteiger partial charge on any atom is 0.191 e. The Bertz CT molecular complexity index is 493. The predicted octanol–water partition coefficient (Wildman–Crippen LogP) is 3.29. The Hall–Kier alpha value is -0.440. The molecule has 1 aliphatic rings. The van der Waals surface area contributed by atoms with Crippen molar-refractivity contribution in [1.29, 1.82) is 0 Å². The van der Waals surface area contributed by atoms with Gasteiger partial charge in [-0.1, -0.05) is 5.16 Å². The van der Waals surface area contributed by atoms with Crippen molar-refractivity contribution >= 4 is 41.7 Å². The van der Waals surface area contributed by atoms with Crippen LogP contribution in [-0.4, -0.2) is 41.8 Å². The van der Waals surface area contributed by atoms with E-state index in [1.807, 2.05) is 20.9 Å². The largest absolute Gasteiger partial charge is 0.361 e. The Kier molecular flexibility index (Phi) is 8.74. The van der Waals surface area contributed by atoms with Crippen LogP contribution in [0.5, 0.6) is 0 Å². The molecule has 1 unspecified atom stereocenters. The van der Waals surface area contributed by atoms with Gasteiger partial charge in [-0.3, -0.25) is 4.99 Å². The highest BCUT2D eigenvalue weighted by atomic mass is 127. The van der Waals surface area contributed by atoms with Crippen LogP contribution in [0.25, 0.3) is 0 Å². The molecule has 0 aromatic carbocycles. The lowest BCUT2D eigenvalue weighted by atomic mass is 10.1. The van der Waals surface area contributed by atoms with Crippen LogP contribution < -0.4 is 10.6 Å². The van der Waals surface area contributed by atoms with E-state index in [4.69, 9.17) is 4.52 Å². The number of aliphatic imine (C=N–C) groups is 1. The average Bonchev–Trinajstić information content (AvgIpc) is 3.07. The van der Waals surface area contributed by atoms with Crippen LogP contribution in [0, 0.1) is 13.8 Å². The fourth-order valence-corrected chi connectivity index (χ4v) is 4.04. The standard InChI is InChI=1S/C16H28N4OS.HI/c1-12-14(13(2)21-20-12)7-5-9-18-15(17-4)19-11-16(3)8-6-10-22-16;/h5-11H2,1-4H3,(H2,17,18,19);1H. The summed E-state index contributed by atoms with van der Waals surface area (Å²) in [5.41, 5.74) is 2.24. The second-order valence-corrected chi connectivity index (χ2v) is 7.84. The lowest BCUT2D eigenvalue weighted by molar-refractivity contribution is 0.392. The van der Waals surface area contributed by atoms with Crippen LogP contribution >= 0.6 is 35.7 Å². The maximum atomic E-state index is 5.19. The monoisotopic (exact) mass is 452 g/mol. The van der Waals surface area contributed by atoms with Gasteiger partial charge in [0.15, 0.2) is 5.96 Å². The second-order valence-electron chi connectivity index (χ2n) is 6.16. The zero-order valence-corrected chi connectivity index (χ0v) is 17.7. The summed E-state index contributed by atoms with van der Waals surface area (Å²) in [6, 6.07) is 0. The number of rotatable bonds is 6. The number of hydrogen-bond donors (Lipinski definition) is 2. The van der Waals surface area contributed by atoms with Gasteiger partial charge in [-0.15, -0.1) is 24.0 Å². The summed E-state index contributed by atoms with van der Waals surface area (Å²) in [6.45, 7) is 8.18. The molecule has 7 heteroatoms. The van der Waals surface area contributed by atoms with Gasteiger partial charge >= 0.3 is 0 Å². The molecular weight excluding hydrogens is 423 g/mol. The first-order valence-electron chi connectivity index (χ1n) is 8.04. The quantitative estimate of drug-likeness (QED) is 0.300. The van der Waals surface area contributed by atoms with Crippen molar-refractivity contribution in [3.05, 3.63) is 17.0 Å². The number of nitrogens with zero attached hydrogens (tertiary/aromatic N) is 2. The molecule has 0 saturated carbocycles. The van der Waals surface area contributed by atoms with E-state index in [2.05, 4.69) is 39.5 Å². The highest BCUT2D eigenvalue weighted by Crippen LogP contribution is 2.36. The van der Waals surface area contributed by atoms with E-state index < -0.39 is 0 Å². The van der Waals surface area contributed by atoms with Gasteiger partial charge in [-0.25, -0.2) is 0 Å². The van der Waals surface area contributed by atoms with Crippen molar-refractivity contribution in [3.8, 4) is 0 Å².